The van der Waals surface area contributed by atoms with Gasteiger partial charge in [-0.25, -0.2) is 0 Å². The first-order valence-electron chi connectivity index (χ1n) is 6.59. The summed E-state index contributed by atoms with van der Waals surface area (Å²) in [6, 6.07) is -0.670. The number of carbonyl (C=O) groups is 3. The van der Waals surface area contributed by atoms with Crippen molar-refractivity contribution in [1.29, 1.82) is 0 Å². The summed E-state index contributed by atoms with van der Waals surface area (Å²) in [5.41, 5.74) is -0.894. The zero-order valence-corrected chi connectivity index (χ0v) is 13.2. The molecule has 0 aromatic carbocycles. The van der Waals surface area contributed by atoms with Crippen molar-refractivity contribution in [1.82, 2.24) is 5.32 Å². The van der Waals surface area contributed by atoms with E-state index in [1.807, 2.05) is 0 Å². The van der Waals surface area contributed by atoms with Gasteiger partial charge in [0.05, 0.1) is 6.10 Å². The van der Waals surface area contributed by atoms with Crippen molar-refractivity contribution >= 4 is 29.4 Å². The van der Waals surface area contributed by atoms with E-state index in [4.69, 9.17) is 25.8 Å². The minimum Gasteiger partial charge on any atom is -0.463 e. The summed E-state index contributed by atoms with van der Waals surface area (Å²) in [4.78, 5) is 33.4. The Hall–Kier alpha value is -1.34. The Morgan fingerprint density at radius 2 is 1.81 bits per heavy atom. The molecule has 21 heavy (non-hydrogen) atoms. The molecular weight excluding hydrogens is 302 g/mol. The van der Waals surface area contributed by atoms with Crippen molar-refractivity contribution in [3.63, 3.8) is 0 Å². The van der Waals surface area contributed by atoms with Gasteiger partial charge in [0, 0.05) is 26.7 Å². The molecule has 5 atom stereocenters. The number of ether oxygens (including phenoxy) is 3. The molecular formula is C13H20ClNO6. The highest BCUT2D eigenvalue weighted by Gasteiger charge is 2.45. The number of nitrogens with one attached hydrogen (secondary N) is 1. The van der Waals surface area contributed by atoms with E-state index in [2.05, 4.69) is 5.32 Å². The van der Waals surface area contributed by atoms with Crippen LogP contribution in [0, 0.1) is 5.92 Å². The second-order valence-corrected chi connectivity index (χ2v) is 5.42. The summed E-state index contributed by atoms with van der Waals surface area (Å²) in [5, 5.41) is 2.62. The molecule has 1 saturated heterocycles. The second kappa shape index (κ2) is 7.61. The average molecular weight is 322 g/mol. The van der Waals surface area contributed by atoms with Crippen LogP contribution in [-0.4, -0.2) is 48.3 Å². The largest absolute Gasteiger partial charge is 0.463 e. The normalized spacial score (nSPS) is 32.1. The van der Waals surface area contributed by atoms with E-state index in [0.717, 1.165) is 0 Å². The summed E-state index contributed by atoms with van der Waals surface area (Å²) in [7, 11) is 0. The molecule has 1 heterocycles. The maximum Gasteiger partial charge on any atom is 0.302 e. The molecule has 0 bridgehead atoms. The number of hydrogen-bond acceptors (Lipinski definition) is 6. The van der Waals surface area contributed by atoms with Crippen LogP contribution in [0.15, 0.2) is 0 Å². The fourth-order valence-electron chi connectivity index (χ4n) is 2.21. The quantitative estimate of drug-likeness (QED) is 0.602. The lowest BCUT2D eigenvalue weighted by Crippen LogP contribution is -2.60. The lowest BCUT2D eigenvalue weighted by Gasteiger charge is -2.43. The fourth-order valence-corrected chi connectivity index (χ4v) is 2.55. The summed E-state index contributed by atoms with van der Waals surface area (Å²) in [6.07, 6.45) is -1.19. The second-order valence-electron chi connectivity index (χ2n) is 4.99. The van der Waals surface area contributed by atoms with Gasteiger partial charge in [-0.15, -0.1) is 0 Å². The zero-order valence-electron chi connectivity index (χ0n) is 12.4. The van der Waals surface area contributed by atoms with E-state index in [9.17, 15) is 14.4 Å². The Morgan fingerprint density at radius 3 is 2.29 bits per heavy atom. The molecule has 0 aliphatic carbocycles. The Morgan fingerprint density at radius 1 is 1.19 bits per heavy atom. The molecule has 0 saturated carbocycles. The van der Waals surface area contributed by atoms with Crippen LogP contribution < -0.4 is 5.32 Å². The lowest BCUT2D eigenvalue weighted by atomic mass is 9.90. The number of alkyl halides is 1. The van der Waals surface area contributed by atoms with Crippen molar-refractivity contribution in [3.05, 3.63) is 0 Å². The first kappa shape index (κ1) is 17.7. The molecule has 0 aromatic heterocycles. The van der Waals surface area contributed by atoms with Gasteiger partial charge < -0.3 is 19.5 Å². The van der Waals surface area contributed by atoms with Crippen LogP contribution in [0.1, 0.15) is 27.7 Å². The van der Waals surface area contributed by atoms with Crippen LogP contribution in [0.25, 0.3) is 0 Å². The zero-order chi connectivity index (χ0) is 16.2. The Balaban J connectivity index is 2.87. The molecule has 120 valence electrons. The summed E-state index contributed by atoms with van der Waals surface area (Å²) >= 11 is 6.11. The van der Waals surface area contributed by atoms with Crippen molar-refractivity contribution < 1.29 is 28.6 Å². The third-order valence-corrected chi connectivity index (χ3v) is 3.54. The summed E-state index contributed by atoms with van der Waals surface area (Å²) in [5.74, 6) is -1.54. The minimum absolute atomic E-state index is 0.00424. The Bertz CT molecular complexity index is 415. The van der Waals surface area contributed by atoms with Crippen LogP contribution in [0.5, 0.6) is 0 Å². The van der Waals surface area contributed by atoms with Gasteiger partial charge in [0.25, 0.3) is 0 Å². The van der Waals surface area contributed by atoms with Crippen LogP contribution in [0.2, 0.25) is 0 Å². The highest BCUT2D eigenvalue weighted by atomic mass is 35.5. The number of rotatable bonds is 4. The van der Waals surface area contributed by atoms with Crippen LogP contribution in [0.4, 0.5) is 0 Å². The average Bonchev–Trinajstić information content (AvgIpc) is 2.35. The molecule has 8 heteroatoms. The maximum absolute atomic E-state index is 11.3. The molecule has 1 rings (SSSR count). The molecule has 7 nitrogen and oxygen atoms in total. The van der Waals surface area contributed by atoms with Crippen LogP contribution in [-0.2, 0) is 28.6 Å². The number of halogens is 1. The first-order valence-corrected chi connectivity index (χ1v) is 7.03. The summed E-state index contributed by atoms with van der Waals surface area (Å²) in [6.45, 7) is 5.68. The third-order valence-electron chi connectivity index (χ3n) is 3.17. The predicted octanol–water partition coefficient (Wildman–Crippen LogP) is 0.586. The fraction of sp³-hybridized carbons (Fsp3) is 0.769. The van der Waals surface area contributed by atoms with Gasteiger partial charge in [0.2, 0.25) is 5.91 Å². The SMILES string of the molecule is CC(=O)N[C@H]1C(Cl)O[C@H](COC(C)=O)[C@H](C)[C@@H]1OC(C)=O. The van der Waals surface area contributed by atoms with Gasteiger partial charge in [0.15, 0.2) is 5.56 Å². The van der Waals surface area contributed by atoms with E-state index in [0.29, 0.717) is 0 Å². The number of carbonyl (C=O) groups excluding carboxylic acids is 3. The van der Waals surface area contributed by atoms with E-state index in [-0.39, 0.29) is 18.4 Å². The topological polar surface area (TPSA) is 90.9 Å². The highest BCUT2D eigenvalue weighted by molar-refractivity contribution is 6.20. The lowest BCUT2D eigenvalue weighted by molar-refractivity contribution is -0.181. The van der Waals surface area contributed by atoms with E-state index in [1.54, 1.807) is 6.92 Å². The predicted molar refractivity (Wildman–Crippen MR) is 73.5 cm³/mol. The molecule has 1 aliphatic rings. The third kappa shape index (κ3) is 5.17. The number of amides is 1. The molecule has 1 amide bonds. The Kier molecular flexibility index (Phi) is 6.42. The van der Waals surface area contributed by atoms with Crippen LogP contribution in [0.3, 0.4) is 0 Å². The minimum atomic E-state index is -0.894. The van der Waals surface area contributed by atoms with Gasteiger partial charge in [-0.1, -0.05) is 18.5 Å². The van der Waals surface area contributed by atoms with Gasteiger partial charge in [-0.05, 0) is 0 Å². The van der Waals surface area contributed by atoms with Crippen LogP contribution >= 0.6 is 11.6 Å². The van der Waals surface area contributed by atoms with Gasteiger partial charge in [-0.2, -0.15) is 0 Å². The molecule has 0 radical (unpaired) electrons. The van der Waals surface area contributed by atoms with Gasteiger partial charge >= 0.3 is 11.9 Å². The number of esters is 2. The van der Waals surface area contributed by atoms with Crippen molar-refractivity contribution in [2.75, 3.05) is 6.61 Å². The van der Waals surface area contributed by atoms with E-state index >= 15 is 0 Å². The van der Waals surface area contributed by atoms with E-state index < -0.39 is 35.8 Å². The van der Waals surface area contributed by atoms with Crippen molar-refractivity contribution in [2.45, 2.75) is 51.5 Å². The molecule has 1 fully saturated rings. The molecule has 0 spiro atoms. The molecule has 1 unspecified atom stereocenters. The smallest absolute Gasteiger partial charge is 0.302 e. The van der Waals surface area contributed by atoms with Crippen molar-refractivity contribution in [3.8, 4) is 0 Å². The van der Waals surface area contributed by atoms with Gasteiger partial charge in [0.1, 0.15) is 18.8 Å². The maximum atomic E-state index is 11.3. The van der Waals surface area contributed by atoms with Crippen molar-refractivity contribution in [2.24, 2.45) is 5.92 Å². The first-order chi connectivity index (χ1) is 9.72. The number of hydrogen-bond donors (Lipinski definition) is 1. The molecule has 1 aliphatic heterocycles. The standard InChI is InChI=1S/C13H20ClNO6/c1-6-10(5-19-8(3)17)21-13(14)11(15-7(2)16)12(6)20-9(4)18/h6,10-13H,5H2,1-4H3,(H,15,16)/t6-,10+,11+,12-,13?/m0/s1. The Labute approximate surface area is 128 Å². The van der Waals surface area contributed by atoms with Gasteiger partial charge in [-0.3, -0.25) is 14.4 Å². The monoisotopic (exact) mass is 321 g/mol. The highest BCUT2D eigenvalue weighted by Crippen LogP contribution is 2.30. The van der Waals surface area contributed by atoms with E-state index in [1.165, 1.54) is 20.8 Å². The molecule has 0 aromatic rings. The molecule has 1 N–H and O–H groups in total. The summed E-state index contributed by atoms with van der Waals surface area (Å²) < 4.78 is 15.7.